The normalized spacial score (nSPS) is 10.2. The second kappa shape index (κ2) is 4.32. The lowest BCUT2D eigenvalue weighted by Gasteiger charge is -2.00. The van der Waals surface area contributed by atoms with Gasteiger partial charge in [-0.1, -0.05) is 0 Å². The Morgan fingerprint density at radius 3 is 2.23 bits per heavy atom. The lowest BCUT2D eigenvalue weighted by molar-refractivity contribution is 0.102. The number of Topliss-reactive ketones (excluding diaryl/α,β-unsaturated/α-hetero) is 1. The topological polar surface area (TPSA) is 17.1 Å². The molecule has 0 amide bonds. The summed E-state index contributed by atoms with van der Waals surface area (Å²) >= 11 is 6.76. The van der Waals surface area contributed by atoms with Crippen LogP contribution in [0, 0.1) is 15.2 Å². The van der Waals surface area contributed by atoms with Crippen molar-refractivity contribution in [1.82, 2.24) is 0 Å². The first kappa shape index (κ1) is 10.8. The van der Waals surface area contributed by atoms with E-state index in [1.165, 1.54) is 22.6 Å². The molecule has 70 valence electrons. The number of hydrogen-bond acceptors (Lipinski definition) is 1. The van der Waals surface area contributed by atoms with Gasteiger partial charge in [-0.2, -0.15) is 0 Å². The fraction of sp³-hybridized carbons (Fsp3) is 0.125. The van der Waals surface area contributed by atoms with Gasteiger partial charge in [-0.05, 0) is 34.7 Å². The van der Waals surface area contributed by atoms with Gasteiger partial charge in [0.05, 0.1) is 9.45 Å². The number of carbonyl (C=O) groups excluding carboxylic acids is 1. The van der Waals surface area contributed by atoms with Gasteiger partial charge in [0.2, 0.25) is 0 Å². The molecular formula is C8H4ClF2IO. The van der Waals surface area contributed by atoms with Gasteiger partial charge in [0.15, 0.2) is 5.78 Å². The van der Waals surface area contributed by atoms with Crippen molar-refractivity contribution >= 4 is 40.0 Å². The van der Waals surface area contributed by atoms with Crippen molar-refractivity contribution < 1.29 is 13.6 Å². The van der Waals surface area contributed by atoms with Crippen LogP contribution in [0.25, 0.3) is 0 Å². The van der Waals surface area contributed by atoms with E-state index in [0.717, 1.165) is 12.1 Å². The minimum atomic E-state index is -0.742. The minimum absolute atomic E-state index is 0.0367. The number of halogens is 4. The van der Waals surface area contributed by atoms with Gasteiger partial charge in [0, 0.05) is 5.56 Å². The summed E-state index contributed by atoms with van der Waals surface area (Å²) in [5.41, 5.74) is -0.0367. The zero-order chi connectivity index (χ0) is 10.0. The molecule has 0 atom stereocenters. The van der Waals surface area contributed by atoms with Crippen molar-refractivity contribution in [1.29, 1.82) is 0 Å². The maximum Gasteiger partial charge on any atom is 0.177 e. The van der Waals surface area contributed by atoms with Crippen LogP contribution < -0.4 is 0 Å². The Balaban J connectivity index is 3.20. The third-order valence-electron chi connectivity index (χ3n) is 1.43. The van der Waals surface area contributed by atoms with E-state index in [0.29, 0.717) is 0 Å². The summed E-state index contributed by atoms with van der Waals surface area (Å²) in [4.78, 5) is 11.0. The fourth-order valence-corrected chi connectivity index (χ4v) is 1.26. The maximum absolute atomic E-state index is 12.9. The van der Waals surface area contributed by atoms with Crippen molar-refractivity contribution in [3.8, 4) is 0 Å². The van der Waals surface area contributed by atoms with Crippen LogP contribution >= 0.6 is 34.2 Å². The highest BCUT2D eigenvalue weighted by atomic mass is 127. The lowest BCUT2D eigenvalue weighted by Crippen LogP contribution is -2.03. The largest absolute Gasteiger partial charge is 0.293 e. The number of alkyl halides is 1. The summed E-state index contributed by atoms with van der Waals surface area (Å²) in [5, 5.41) is 0. The first-order chi connectivity index (χ1) is 6.06. The molecule has 0 unspecified atom stereocenters. The summed E-state index contributed by atoms with van der Waals surface area (Å²) in [6.45, 7) is 0. The van der Waals surface area contributed by atoms with Gasteiger partial charge < -0.3 is 0 Å². The van der Waals surface area contributed by atoms with E-state index < -0.39 is 17.4 Å². The zero-order valence-corrected chi connectivity index (χ0v) is 9.20. The van der Waals surface area contributed by atoms with Crippen molar-refractivity contribution in [3.05, 3.63) is 32.9 Å². The van der Waals surface area contributed by atoms with Crippen LogP contribution in [0.4, 0.5) is 8.78 Å². The van der Waals surface area contributed by atoms with Crippen LogP contribution in [-0.4, -0.2) is 11.7 Å². The fourth-order valence-electron chi connectivity index (χ4n) is 0.794. The quantitative estimate of drug-likeness (QED) is 0.355. The Bertz CT molecular complexity index is 331. The van der Waals surface area contributed by atoms with E-state index >= 15 is 0 Å². The number of benzene rings is 1. The molecular weight excluding hydrogens is 312 g/mol. The Hall–Kier alpha value is -0.230. The van der Waals surface area contributed by atoms with Gasteiger partial charge in [-0.15, -0.1) is 11.6 Å². The number of carbonyl (C=O) groups is 1. The minimum Gasteiger partial charge on any atom is -0.293 e. The van der Waals surface area contributed by atoms with Crippen LogP contribution in [0.2, 0.25) is 0 Å². The molecule has 0 radical (unpaired) electrons. The molecule has 0 saturated carbocycles. The Morgan fingerprint density at radius 2 is 1.85 bits per heavy atom. The smallest absolute Gasteiger partial charge is 0.177 e. The average Bonchev–Trinajstić information content (AvgIpc) is 2.12. The number of ketones is 1. The molecule has 0 saturated heterocycles. The summed E-state index contributed by atoms with van der Waals surface area (Å²) in [5.74, 6) is -2.25. The maximum atomic E-state index is 12.9. The number of rotatable bonds is 2. The molecule has 0 heterocycles. The Kier molecular flexibility index (Phi) is 3.61. The van der Waals surface area contributed by atoms with E-state index in [1.807, 2.05) is 0 Å². The van der Waals surface area contributed by atoms with Crippen LogP contribution in [0.3, 0.4) is 0 Å². The van der Waals surface area contributed by atoms with E-state index in [9.17, 15) is 13.6 Å². The predicted octanol–water partition coefficient (Wildman–Crippen LogP) is 2.99. The van der Waals surface area contributed by atoms with Gasteiger partial charge in [0.1, 0.15) is 11.6 Å². The predicted molar refractivity (Wildman–Crippen MR) is 54.1 cm³/mol. The molecule has 0 aliphatic heterocycles. The molecule has 0 fully saturated rings. The van der Waals surface area contributed by atoms with Gasteiger partial charge in [-0.25, -0.2) is 8.78 Å². The highest BCUT2D eigenvalue weighted by Gasteiger charge is 2.12. The SMILES string of the molecule is O=C(CCl)c1cc(F)c(I)c(F)c1. The molecule has 1 nitrogen and oxygen atoms in total. The Morgan fingerprint density at radius 1 is 1.38 bits per heavy atom. The van der Waals surface area contributed by atoms with Crippen LogP contribution in [0.15, 0.2) is 12.1 Å². The molecule has 1 aromatic carbocycles. The van der Waals surface area contributed by atoms with E-state index in [4.69, 9.17) is 11.6 Å². The second-order valence-electron chi connectivity index (χ2n) is 2.31. The molecule has 0 aliphatic carbocycles. The second-order valence-corrected chi connectivity index (χ2v) is 3.66. The average molecular weight is 316 g/mol. The van der Waals surface area contributed by atoms with Crippen molar-refractivity contribution in [2.75, 3.05) is 5.88 Å². The van der Waals surface area contributed by atoms with Gasteiger partial charge in [-0.3, -0.25) is 4.79 Å². The highest BCUT2D eigenvalue weighted by molar-refractivity contribution is 14.1. The van der Waals surface area contributed by atoms with Crippen LogP contribution in [-0.2, 0) is 0 Å². The standard InChI is InChI=1S/C8H4ClF2IO/c9-3-7(13)4-1-5(10)8(12)6(11)2-4/h1-2H,3H2. The Labute approximate surface area is 92.2 Å². The lowest BCUT2D eigenvalue weighted by atomic mass is 10.1. The molecule has 0 bridgehead atoms. The van der Waals surface area contributed by atoms with Crippen molar-refractivity contribution in [3.63, 3.8) is 0 Å². The van der Waals surface area contributed by atoms with Crippen LogP contribution in [0.1, 0.15) is 10.4 Å². The zero-order valence-electron chi connectivity index (χ0n) is 6.28. The summed E-state index contributed by atoms with van der Waals surface area (Å²) < 4.78 is 25.7. The summed E-state index contributed by atoms with van der Waals surface area (Å²) in [7, 11) is 0. The summed E-state index contributed by atoms with van der Waals surface area (Å²) in [6.07, 6.45) is 0. The van der Waals surface area contributed by atoms with Crippen molar-refractivity contribution in [2.45, 2.75) is 0 Å². The van der Waals surface area contributed by atoms with E-state index in [1.54, 1.807) is 0 Å². The first-order valence-electron chi connectivity index (χ1n) is 3.30. The van der Waals surface area contributed by atoms with E-state index in [2.05, 4.69) is 0 Å². The van der Waals surface area contributed by atoms with Crippen molar-refractivity contribution in [2.24, 2.45) is 0 Å². The van der Waals surface area contributed by atoms with Gasteiger partial charge >= 0.3 is 0 Å². The monoisotopic (exact) mass is 316 g/mol. The third-order valence-corrected chi connectivity index (χ3v) is 2.70. The molecule has 0 N–H and O–H groups in total. The molecule has 5 heteroatoms. The first-order valence-corrected chi connectivity index (χ1v) is 4.91. The van der Waals surface area contributed by atoms with E-state index in [-0.39, 0.29) is 15.0 Å². The number of hydrogen-bond donors (Lipinski definition) is 0. The molecule has 1 aromatic rings. The van der Waals surface area contributed by atoms with Gasteiger partial charge in [0.25, 0.3) is 0 Å². The molecule has 1 rings (SSSR count). The molecule has 13 heavy (non-hydrogen) atoms. The molecule has 0 aliphatic rings. The molecule has 0 spiro atoms. The summed E-state index contributed by atoms with van der Waals surface area (Å²) in [6, 6.07) is 1.96. The third kappa shape index (κ3) is 2.37. The van der Waals surface area contributed by atoms with Crippen LogP contribution in [0.5, 0.6) is 0 Å². The highest BCUT2D eigenvalue weighted by Crippen LogP contribution is 2.17. The molecule has 0 aromatic heterocycles.